The third-order valence-corrected chi connectivity index (χ3v) is 2.62. The lowest BCUT2D eigenvalue weighted by Gasteiger charge is -2.10. The molecule has 0 unspecified atom stereocenters. The largest absolute Gasteiger partial charge is 0.373 e. The molecule has 0 spiro atoms. The molecule has 1 heterocycles. The van der Waals surface area contributed by atoms with Crippen molar-refractivity contribution < 1.29 is 0 Å². The van der Waals surface area contributed by atoms with Crippen LogP contribution in [-0.2, 0) is 0 Å². The highest BCUT2D eigenvalue weighted by Crippen LogP contribution is 2.20. The molecule has 2 N–H and O–H groups in total. The summed E-state index contributed by atoms with van der Waals surface area (Å²) in [7, 11) is 1.86. The zero-order valence-electron chi connectivity index (χ0n) is 12.2. The van der Waals surface area contributed by atoms with Crippen molar-refractivity contribution in [2.24, 2.45) is 0 Å². The van der Waals surface area contributed by atoms with Gasteiger partial charge in [-0.25, -0.2) is 4.98 Å². The topological polar surface area (TPSA) is 53.6 Å². The van der Waals surface area contributed by atoms with E-state index in [4.69, 9.17) is 0 Å². The van der Waals surface area contributed by atoms with Crippen molar-refractivity contribution in [3.63, 3.8) is 0 Å². The van der Waals surface area contributed by atoms with Crippen molar-refractivity contribution in [1.82, 2.24) is 15.2 Å². The Morgan fingerprint density at radius 2 is 1.89 bits per heavy atom. The standard InChI is InChI=1S/C12H20N4.C2H6/c1-4-10(5-2)11-6-8-14-15-9-7-12(13-3)16-11;1-2/h6-10,13-14H,4-5H2,1-3H3;1-2H3. The molecule has 0 saturated carbocycles. The van der Waals surface area contributed by atoms with Crippen LogP contribution in [0.4, 0.5) is 5.82 Å². The second-order valence-corrected chi connectivity index (χ2v) is 3.59. The molecule has 0 radical (unpaired) electrons. The Kier molecular flexibility index (Phi) is 9.64. The third-order valence-electron chi connectivity index (χ3n) is 2.62. The molecule has 0 bridgehead atoms. The van der Waals surface area contributed by atoms with Gasteiger partial charge in [0, 0.05) is 30.9 Å². The Labute approximate surface area is 111 Å². The minimum Gasteiger partial charge on any atom is -0.373 e. The minimum atomic E-state index is 0.493. The molecule has 0 atom stereocenters. The van der Waals surface area contributed by atoms with E-state index in [1.165, 1.54) is 0 Å². The molecule has 0 aromatic carbocycles. The number of rotatable bonds is 4. The molecule has 0 saturated heterocycles. The van der Waals surface area contributed by atoms with E-state index in [2.05, 4.69) is 34.3 Å². The van der Waals surface area contributed by atoms with Crippen LogP contribution < -0.4 is 5.32 Å². The average molecular weight is 250 g/mol. The molecular formula is C14H26N4. The first kappa shape index (κ1) is 16.4. The van der Waals surface area contributed by atoms with Gasteiger partial charge >= 0.3 is 0 Å². The number of hydrogen-bond acceptors (Lipinski definition) is 3. The molecule has 18 heavy (non-hydrogen) atoms. The van der Waals surface area contributed by atoms with E-state index >= 15 is 0 Å². The Hall–Kier alpha value is -1.58. The Morgan fingerprint density at radius 1 is 1.22 bits per heavy atom. The maximum Gasteiger partial charge on any atom is 0.127 e. The van der Waals surface area contributed by atoms with Crippen molar-refractivity contribution in [1.29, 1.82) is 0 Å². The van der Waals surface area contributed by atoms with Crippen molar-refractivity contribution in [3.8, 4) is 0 Å². The summed E-state index contributed by atoms with van der Waals surface area (Å²) >= 11 is 0. The molecule has 0 fully saturated rings. The van der Waals surface area contributed by atoms with Crippen LogP contribution in [0.5, 0.6) is 0 Å². The predicted octanol–water partition coefficient (Wildman–Crippen LogP) is 3.90. The van der Waals surface area contributed by atoms with Gasteiger partial charge in [0.05, 0.1) is 6.20 Å². The molecule has 0 aliphatic rings. The first-order valence-corrected chi connectivity index (χ1v) is 6.73. The molecule has 0 aliphatic heterocycles. The van der Waals surface area contributed by atoms with Crippen LogP contribution in [0.2, 0.25) is 0 Å². The van der Waals surface area contributed by atoms with Crippen LogP contribution in [0.25, 0.3) is 0 Å². The minimum absolute atomic E-state index is 0.493. The van der Waals surface area contributed by atoms with Crippen molar-refractivity contribution in [2.75, 3.05) is 12.4 Å². The highest BCUT2D eigenvalue weighted by molar-refractivity contribution is 5.31. The fourth-order valence-electron chi connectivity index (χ4n) is 1.60. The SMILES string of the molecule is CC.CCC(CC)c1cc[nH]nccc(NC)n1. The highest BCUT2D eigenvalue weighted by atomic mass is 15.1. The second kappa shape index (κ2) is 10.6. The molecule has 1 aromatic rings. The lowest BCUT2D eigenvalue weighted by molar-refractivity contribution is 0.624. The van der Waals surface area contributed by atoms with Crippen LogP contribution in [-0.4, -0.2) is 22.2 Å². The average Bonchev–Trinajstić information content (AvgIpc) is 2.54. The van der Waals surface area contributed by atoms with Gasteiger partial charge in [-0.15, -0.1) is 0 Å². The zero-order valence-corrected chi connectivity index (χ0v) is 12.2. The maximum absolute atomic E-state index is 4.60. The van der Waals surface area contributed by atoms with E-state index in [-0.39, 0.29) is 0 Å². The third kappa shape index (κ3) is 5.66. The van der Waals surface area contributed by atoms with E-state index in [1.54, 1.807) is 6.20 Å². The number of anilines is 1. The molecule has 4 heteroatoms. The second-order valence-electron chi connectivity index (χ2n) is 3.59. The van der Waals surface area contributed by atoms with Gasteiger partial charge in [-0.3, -0.25) is 5.10 Å². The van der Waals surface area contributed by atoms with E-state index in [9.17, 15) is 0 Å². The summed E-state index contributed by atoms with van der Waals surface area (Å²) in [6.07, 6.45) is 5.70. The molecule has 4 nitrogen and oxygen atoms in total. The van der Waals surface area contributed by atoms with E-state index in [1.807, 2.05) is 39.2 Å². The molecule has 0 amide bonds. The number of H-pyrrole nitrogens is 1. The first-order valence-electron chi connectivity index (χ1n) is 6.73. The van der Waals surface area contributed by atoms with Crippen LogP contribution in [0, 0.1) is 0 Å². The zero-order chi connectivity index (χ0) is 13.8. The lowest BCUT2D eigenvalue weighted by Crippen LogP contribution is -1.99. The summed E-state index contributed by atoms with van der Waals surface area (Å²) in [6, 6.07) is 3.84. The van der Waals surface area contributed by atoms with Gasteiger partial charge in [-0.05, 0) is 18.9 Å². The maximum atomic E-state index is 4.60. The van der Waals surface area contributed by atoms with E-state index in [0.29, 0.717) is 5.92 Å². The molecule has 102 valence electrons. The van der Waals surface area contributed by atoms with E-state index in [0.717, 1.165) is 24.4 Å². The molecular weight excluding hydrogens is 224 g/mol. The summed E-state index contributed by atoms with van der Waals surface area (Å²) < 4.78 is 0. The summed E-state index contributed by atoms with van der Waals surface area (Å²) in [4.78, 5) is 4.60. The lowest BCUT2D eigenvalue weighted by atomic mass is 10.00. The fraction of sp³-hybridized carbons (Fsp3) is 0.571. The Balaban J connectivity index is 0.00000137. The number of aromatic nitrogens is 3. The van der Waals surface area contributed by atoms with Crippen LogP contribution in [0.1, 0.15) is 52.1 Å². The number of hydrogen-bond donors (Lipinski definition) is 2. The predicted molar refractivity (Wildman–Crippen MR) is 78.2 cm³/mol. The van der Waals surface area contributed by atoms with Crippen LogP contribution in [0.15, 0.2) is 24.5 Å². The molecule has 1 aromatic heterocycles. The van der Waals surface area contributed by atoms with Crippen molar-refractivity contribution >= 4 is 5.82 Å². The monoisotopic (exact) mass is 250 g/mol. The van der Waals surface area contributed by atoms with Gasteiger partial charge in [0.2, 0.25) is 0 Å². The number of nitrogens with zero attached hydrogens (tertiary/aromatic N) is 2. The Bertz CT molecular complexity index is 355. The van der Waals surface area contributed by atoms with Gasteiger partial charge in [-0.2, -0.15) is 5.10 Å². The molecule has 0 aliphatic carbocycles. The summed E-state index contributed by atoms with van der Waals surface area (Å²) in [5.41, 5.74) is 1.09. The quantitative estimate of drug-likeness (QED) is 0.852. The summed E-state index contributed by atoms with van der Waals surface area (Å²) in [5.74, 6) is 1.33. The van der Waals surface area contributed by atoms with Crippen LogP contribution in [0.3, 0.4) is 0 Å². The van der Waals surface area contributed by atoms with Crippen LogP contribution >= 0.6 is 0 Å². The van der Waals surface area contributed by atoms with Gasteiger partial charge < -0.3 is 5.32 Å². The van der Waals surface area contributed by atoms with E-state index < -0.39 is 0 Å². The fourth-order valence-corrected chi connectivity index (χ4v) is 1.60. The Morgan fingerprint density at radius 3 is 2.44 bits per heavy atom. The van der Waals surface area contributed by atoms with Gasteiger partial charge in [0.1, 0.15) is 5.82 Å². The first-order chi connectivity index (χ1) is 8.81. The van der Waals surface area contributed by atoms with Gasteiger partial charge in [0.15, 0.2) is 0 Å². The summed E-state index contributed by atoms with van der Waals surface area (Å²) in [5, 5.41) is 9.88. The normalized spacial score (nSPS) is 9.22. The number of nitrogens with one attached hydrogen (secondary N) is 2. The van der Waals surface area contributed by atoms with Crippen molar-refractivity contribution in [3.05, 3.63) is 30.2 Å². The van der Waals surface area contributed by atoms with Gasteiger partial charge in [0.25, 0.3) is 0 Å². The van der Waals surface area contributed by atoms with Crippen molar-refractivity contribution in [2.45, 2.75) is 46.5 Å². The smallest absolute Gasteiger partial charge is 0.127 e. The molecule has 1 rings (SSSR count). The van der Waals surface area contributed by atoms with Gasteiger partial charge in [-0.1, -0.05) is 27.7 Å². The number of aromatic amines is 1. The highest BCUT2D eigenvalue weighted by Gasteiger charge is 2.06. The summed E-state index contributed by atoms with van der Waals surface area (Å²) in [6.45, 7) is 8.37.